The van der Waals surface area contributed by atoms with E-state index in [-0.39, 0.29) is 30.3 Å². The number of aromatic nitrogens is 1. The molecule has 0 aliphatic heterocycles. The van der Waals surface area contributed by atoms with Crippen LogP contribution in [-0.4, -0.2) is 47.3 Å². The fourth-order valence-corrected chi connectivity index (χ4v) is 4.10. The highest BCUT2D eigenvalue weighted by molar-refractivity contribution is 6.06. The molecule has 0 spiro atoms. The fraction of sp³-hybridized carbons (Fsp3) is 0.458. The summed E-state index contributed by atoms with van der Waals surface area (Å²) in [4.78, 5) is 39.4. The molecule has 0 saturated heterocycles. The quantitative estimate of drug-likeness (QED) is 0.255. The summed E-state index contributed by atoms with van der Waals surface area (Å²) in [6.07, 6.45) is -9.96. The second-order valence-electron chi connectivity index (χ2n) is 8.11. The van der Waals surface area contributed by atoms with Crippen molar-refractivity contribution >= 4 is 17.7 Å². The predicted molar refractivity (Wildman–Crippen MR) is 118 cm³/mol. The van der Waals surface area contributed by atoms with Crippen LogP contribution in [-0.2, 0) is 23.6 Å². The third-order valence-electron chi connectivity index (χ3n) is 5.69. The summed E-state index contributed by atoms with van der Waals surface area (Å²) in [6, 6.07) is 0.606. The number of carbonyl (C=O) groups excluding carboxylic acids is 3. The van der Waals surface area contributed by atoms with Crippen LogP contribution in [0.2, 0.25) is 0 Å². The van der Waals surface area contributed by atoms with Crippen molar-refractivity contribution < 1.29 is 45.5 Å². The molecular formula is C24H26F6N2O4. The molecule has 2 aromatic rings. The molecule has 1 amide bonds. The van der Waals surface area contributed by atoms with Crippen molar-refractivity contribution in [2.75, 3.05) is 20.2 Å². The molecule has 0 aliphatic carbocycles. The molecule has 0 unspecified atom stereocenters. The van der Waals surface area contributed by atoms with Crippen molar-refractivity contribution in [1.29, 1.82) is 0 Å². The van der Waals surface area contributed by atoms with Gasteiger partial charge in [-0.15, -0.1) is 0 Å². The summed E-state index contributed by atoms with van der Waals surface area (Å²) in [7, 11) is 1.18. The van der Waals surface area contributed by atoms with E-state index in [1.54, 1.807) is 25.3 Å². The number of esters is 1. The molecule has 1 aromatic heterocycles. The fourth-order valence-electron chi connectivity index (χ4n) is 4.10. The van der Waals surface area contributed by atoms with Crippen LogP contribution in [0.5, 0.6) is 0 Å². The molecule has 12 heteroatoms. The van der Waals surface area contributed by atoms with E-state index in [1.807, 2.05) is 0 Å². The molecule has 0 bridgehead atoms. The van der Waals surface area contributed by atoms with Crippen LogP contribution in [0.4, 0.5) is 26.3 Å². The Kier molecular flexibility index (Phi) is 8.64. The van der Waals surface area contributed by atoms with E-state index >= 15 is 0 Å². The van der Waals surface area contributed by atoms with E-state index in [1.165, 1.54) is 14.0 Å². The maximum atomic E-state index is 13.3. The lowest BCUT2D eigenvalue weighted by molar-refractivity contribution is -0.143. The summed E-state index contributed by atoms with van der Waals surface area (Å²) in [5, 5.41) is 0. The number of methoxy groups -OCH3 is 1. The van der Waals surface area contributed by atoms with Crippen molar-refractivity contribution in [3.05, 3.63) is 57.4 Å². The highest BCUT2D eigenvalue weighted by Gasteiger charge is 2.38. The molecule has 0 radical (unpaired) electrons. The number of ketones is 1. The molecule has 1 aromatic carbocycles. The van der Waals surface area contributed by atoms with Gasteiger partial charge in [0.25, 0.3) is 5.91 Å². The van der Waals surface area contributed by atoms with Crippen LogP contribution in [0.1, 0.15) is 73.9 Å². The second kappa shape index (κ2) is 10.8. The summed E-state index contributed by atoms with van der Waals surface area (Å²) >= 11 is 0. The van der Waals surface area contributed by atoms with Crippen molar-refractivity contribution in [3.63, 3.8) is 0 Å². The molecule has 1 heterocycles. The predicted octanol–water partition coefficient (Wildman–Crippen LogP) is 5.68. The van der Waals surface area contributed by atoms with Gasteiger partial charge in [0.15, 0.2) is 5.78 Å². The van der Waals surface area contributed by atoms with Gasteiger partial charge in [-0.1, -0.05) is 6.92 Å². The summed E-state index contributed by atoms with van der Waals surface area (Å²) < 4.78 is 85.8. The Hall–Kier alpha value is -3.31. The van der Waals surface area contributed by atoms with Crippen molar-refractivity contribution in [2.45, 2.75) is 53.0 Å². The number of rotatable bonds is 8. The minimum absolute atomic E-state index is 0.0688. The number of carbonyl (C=O) groups is 3. The monoisotopic (exact) mass is 520 g/mol. The summed E-state index contributed by atoms with van der Waals surface area (Å²) in [6.45, 7) is 6.10. The average Bonchev–Trinajstić information content (AvgIpc) is 3.05. The molecule has 36 heavy (non-hydrogen) atoms. The number of alkyl halides is 6. The van der Waals surface area contributed by atoms with Gasteiger partial charge in [0, 0.05) is 29.9 Å². The van der Waals surface area contributed by atoms with Gasteiger partial charge in [-0.3, -0.25) is 9.59 Å². The number of halogens is 6. The van der Waals surface area contributed by atoms with E-state index < -0.39 is 53.2 Å². The largest absolute Gasteiger partial charge is 0.464 e. The molecule has 2 rings (SSSR count). The number of amides is 1. The normalized spacial score (nSPS) is 12.0. The van der Waals surface area contributed by atoms with Crippen LogP contribution in [0.25, 0.3) is 0 Å². The number of hydrogen-bond acceptors (Lipinski definition) is 4. The summed E-state index contributed by atoms with van der Waals surface area (Å²) in [5.74, 6) is -2.45. The number of hydrogen-bond donors (Lipinski definition) is 0. The Morgan fingerprint density at radius 1 is 0.944 bits per heavy atom. The first-order valence-electron chi connectivity index (χ1n) is 11.0. The second-order valence-corrected chi connectivity index (χ2v) is 8.11. The van der Waals surface area contributed by atoms with Crippen LogP contribution < -0.4 is 0 Å². The molecule has 0 aliphatic rings. The van der Waals surface area contributed by atoms with Gasteiger partial charge in [-0.05, 0) is 51.0 Å². The zero-order valence-electron chi connectivity index (χ0n) is 20.4. The SMILES string of the molecule is CCCN(CC(=O)c1c(C)c(C(=O)OC)n(CC)c1C)C(=O)c1cc(C(F)(F)F)cc(C(F)(F)F)c1. The topological polar surface area (TPSA) is 68.6 Å². The number of Topliss-reactive ketones (excluding diaryl/α,β-unsaturated/α-hetero) is 1. The number of benzene rings is 1. The zero-order chi connectivity index (χ0) is 27.6. The average molecular weight is 520 g/mol. The van der Waals surface area contributed by atoms with Gasteiger partial charge < -0.3 is 14.2 Å². The van der Waals surface area contributed by atoms with E-state index in [0.29, 0.717) is 29.9 Å². The van der Waals surface area contributed by atoms with Gasteiger partial charge in [0.05, 0.1) is 24.8 Å². The molecule has 0 N–H and O–H groups in total. The first-order valence-corrected chi connectivity index (χ1v) is 11.0. The van der Waals surface area contributed by atoms with Crippen molar-refractivity contribution in [3.8, 4) is 0 Å². The molecular weight excluding hydrogens is 494 g/mol. The standard InChI is InChI=1S/C24H26F6N2O4/c1-6-8-31(12-18(33)19-13(3)20(22(35)36-5)32(7-2)14(19)4)21(34)15-9-16(23(25,26)27)11-17(10-15)24(28,29)30/h9-11H,6-8,12H2,1-5H3. The third-order valence-corrected chi connectivity index (χ3v) is 5.69. The van der Waals surface area contributed by atoms with Crippen LogP contribution in [0.3, 0.4) is 0 Å². The van der Waals surface area contributed by atoms with E-state index in [4.69, 9.17) is 4.74 Å². The Labute approximate surface area is 203 Å². The van der Waals surface area contributed by atoms with Gasteiger partial charge in [-0.25, -0.2) is 4.79 Å². The van der Waals surface area contributed by atoms with E-state index in [2.05, 4.69) is 0 Å². The zero-order valence-corrected chi connectivity index (χ0v) is 20.4. The lowest BCUT2D eigenvalue weighted by atomic mass is 10.0. The highest BCUT2D eigenvalue weighted by atomic mass is 19.4. The Morgan fingerprint density at radius 3 is 1.89 bits per heavy atom. The van der Waals surface area contributed by atoms with Gasteiger partial charge in [-0.2, -0.15) is 26.3 Å². The van der Waals surface area contributed by atoms with E-state index in [0.717, 1.165) is 4.90 Å². The van der Waals surface area contributed by atoms with Crippen molar-refractivity contribution in [1.82, 2.24) is 9.47 Å². The van der Waals surface area contributed by atoms with Crippen molar-refractivity contribution in [2.24, 2.45) is 0 Å². The Morgan fingerprint density at radius 2 is 1.47 bits per heavy atom. The smallest absolute Gasteiger partial charge is 0.416 e. The van der Waals surface area contributed by atoms with Crippen LogP contribution >= 0.6 is 0 Å². The molecule has 0 atom stereocenters. The number of nitrogens with zero attached hydrogens (tertiary/aromatic N) is 2. The van der Waals surface area contributed by atoms with Crippen LogP contribution in [0, 0.1) is 13.8 Å². The highest BCUT2D eigenvalue weighted by Crippen LogP contribution is 2.36. The van der Waals surface area contributed by atoms with E-state index in [9.17, 15) is 40.7 Å². The Balaban J connectivity index is 2.53. The first-order chi connectivity index (χ1) is 16.6. The maximum Gasteiger partial charge on any atom is 0.416 e. The molecule has 0 saturated carbocycles. The maximum absolute atomic E-state index is 13.3. The molecule has 198 valence electrons. The minimum Gasteiger partial charge on any atom is -0.464 e. The number of ether oxygens (including phenoxy) is 1. The van der Waals surface area contributed by atoms with Crippen LogP contribution in [0.15, 0.2) is 18.2 Å². The van der Waals surface area contributed by atoms with Gasteiger partial charge >= 0.3 is 18.3 Å². The van der Waals surface area contributed by atoms with Gasteiger partial charge in [0.2, 0.25) is 0 Å². The third kappa shape index (κ3) is 5.90. The lowest BCUT2D eigenvalue weighted by Crippen LogP contribution is -2.37. The van der Waals surface area contributed by atoms with Gasteiger partial charge in [0.1, 0.15) is 5.69 Å². The first kappa shape index (κ1) is 28.9. The summed E-state index contributed by atoms with van der Waals surface area (Å²) in [5.41, 5.74) is -3.10. The molecule has 0 fully saturated rings. The minimum atomic E-state index is -5.12. The Bertz CT molecular complexity index is 1130. The lowest BCUT2D eigenvalue weighted by Gasteiger charge is -2.23. The molecule has 6 nitrogen and oxygen atoms in total.